The number of rotatable bonds is 4. The molecule has 4 nitrogen and oxygen atoms in total. The van der Waals surface area contributed by atoms with Crippen LogP contribution in [0.2, 0.25) is 0 Å². The van der Waals surface area contributed by atoms with Crippen molar-refractivity contribution in [2.45, 2.75) is 19.6 Å². The Balaban J connectivity index is 1.77. The molecule has 8 heteroatoms. The lowest BCUT2D eigenvalue weighted by Gasteiger charge is -2.09. The minimum absolute atomic E-state index is 0.200. The van der Waals surface area contributed by atoms with E-state index in [1.807, 2.05) is 6.92 Å². The molecule has 1 N–H and O–H groups in total. The average molecular weight is 362 g/mol. The van der Waals surface area contributed by atoms with Gasteiger partial charge in [0.2, 0.25) is 5.95 Å². The summed E-state index contributed by atoms with van der Waals surface area (Å²) in [5.41, 5.74) is 1.78. The fourth-order valence-electron chi connectivity index (χ4n) is 2.35. The maximum atomic E-state index is 13.3. The lowest BCUT2D eigenvalue weighted by Crippen LogP contribution is -2.07. The van der Waals surface area contributed by atoms with E-state index in [9.17, 15) is 17.6 Å². The lowest BCUT2D eigenvalue weighted by molar-refractivity contribution is -0.137. The van der Waals surface area contributed by atoms with Gasteiger partial charge in [-0.15, -0.1) is 5.10 Å². The van der Waals surface area contributed by atoms with Gasteiger partial charge in [-0.05, 0) is 42.3 Å². The van der Waals surface area contributed by atoms with E-state index in [0.717, 1.165) is 23.3 Å². The first-order valence-electron chi connectivity index (χ1n) is 7.69. The van der Waals surface area contributed by atoms with Gasteiger partial charge in [-0.1, -0.05) is 18.2 Å². The van der Waals surface area contributed by atoms with Crippen LogP contribution in [-0.4, -0.2) is 15.2 Å². The van der Waals surface area contributed by atoms with Gasteiger partial charge in [0, 0.05) is 12.1 Å². The summed E-state index contributed by atoms with van der Waals surface area (Å²) in [7, 11) is 0. The van der Waals surface area contributed by atoms with Crippen molar-refractivity contribution in [1.29, 1.82) is 0 Å². The molecular weight excluding hydrogens is 348 g/mol. The molecule has 0 aliphatic heterocycles. The van der Waals surface area contributed by atoms with Crippen molar-refractivity contribution in [3.8, 4) is 11.3 Å². The van der Waals surface area contributed by atoms with E-state index in [4.69, 9.17) is 0 Å². The van der Waals surface area contributed by atoms with Crippen LogP contribution in [0.4, 0.5) is 23.5 Å². The smallest absolute Gasteiger partial charge is 0.349 e. The van der Waals surface area contributed by atoms with E-state index in [1.165, 1.54) is 30.5 Å². The molecule has 0 radical (unpaired) electrons. The summed E-state index contributed by atoms with van der Waals surface area (Å²) in [5, 5.41) is 10.6. The van der Waals surface area contributed by atoms with Crippen LogP contribution in [-0.2, 0) is 12.7 Å². The van der Waals surface area contributed by atoms with Gasteiger partial charge >= 0.3 is 6.18 Å². The number of aryl methyl sites for hydroxylation is 1. The van der Waals surface area contributed by atoms with Gasteiger partial charge in [0.25, 0.3) is 0 Å². The maximum Gasteiger partial charge on any atom is 0.416 e. The van der Waals surface area contributed by atoms with Crippen molar-refractivity contribution in [2.75, 3.05) is 5.32 Å². The molecule has 0 atom stereocenters. The largest absolute Gasteiger partial charge is 0.416 e. The lowest BCUT2D eigenvalue weighted by atomic mass is 10.1. The van der Waals surface area contributed by atoms with Crippen molar-refractivity contribution in [3.63, 3.8) is 0 Å². The van der Waals surface area contributed by atoms with Crippen molar-refractivity contribution in [3.05, 3.63) is 71.2 Å². The minimum Gasteiger partial charge on any atom is -0.349 e. The Hall–Kier alpha value is -3.03. The second-order valence-corrected chi connectivity index (χ2v) is 5.66. The molecule has 26 heavy (non-hydrogen) atoms. The number of anilines is 1. The third-order valence-electron chi connectivity index (χ3n) is 3.81. The van der Waals surface area contributed by atoms with Crippen LogP contribution < -0.4 is 5.32 Å². The van der Waals surface area contributed by atoms with Gasteiger partial charge in [-0.3, -0.25) is 0 Å². The summed E-state index contributed by atoms with van der Waals surface area (Å²) in [6.45, 7) is 2.15. The minimum atomic E-state index is -4.39. The average Bonchev–Trinajstić information content (AvgIpc) is 2.62. The van der Waals surface area contributed by atoms with Crippen LogP contribution in [0.1, 0.15) is 16.7 Å². The van der Waals surface area contributed by atoms with Crippen molar-refractivity contribution < 1.29 is 17.6 Å². The van der Waals surface area contributed by atoms with E-state index in [2.05, 4.69) is 20.5 Å². The molecule has 1 heterocycles. The molecule has 0 amide bonds. The summed E-state index contributed by atoms with van der Waals surface area (Å²) < 4.78 is 51.2. The first-order chi connectivity index (χ1) is 12.3. The monoisotopic (exact) mass is 362 g/mol. The highest BCUT2D eigenvalue weighted by atomic mass is 19.4. The molecule has 0 unspecified atom stereocenters. The highest BCUT2D eigenvalue weighted by molar-refractivity contribution is 5.59. The van der Waals surface area contributed by atoms with Crippen LogP contribution in [0, 0.1) is 12.7 Å². The van der Waals surface area contributed by atoms with Crippen LogP contribution in [0.5, 0.6) is 0 Å². The summed E-state index contributed by atoms with van der Waals surface area (Å²) in [6, 6.07) is 9.09. The summed E-state index contributed by atoms with van der Waals surface area (Å²) in [4.78, 5) is 4.24. The zero-order valence-electron chi connectivity index (χ0n) is 13.7. The van der Waals surface area contributed by atoms with E-state index >= 15 is 0 Å². The quantitative estimate of drug-likeness (QED) is 0.688. The number of hydrogen-bond acceptors (Lipinski definition) is 4. The normalized spacial score (nSPS) is 11.4. The molecule has 1 aromatic heterocycles. The Labute approximate surface area is 146 Å². The molecule has 0 aliphatic rings. The van der Waals surface area contributed by atoms with Gasteiger partial charge in [0.05, 0.1) is 17.5 Å². The predicted molar refractivity (Wildman–Crippen MR) is 88.7 cm³/mol. The molecule has 3 rings (SSSR count). The Morgan fingerprint density at radius 1 is 1.04 bits per heavy atom. The van der Waals surface area contributed by atoms with Crippen LogP contribution in [0.3, 0.4) is 0 Å². The van der Waals surface area contributed by atoms with E-state index in [0.29, 0.717) is 17.8 Å². The first kappa shape index (κ1) is 17.8. The molecule has 0 spiro atoms. The van der Waals surface area contributed by atoms with Gasteiger partial charge in [-0.2, -0.15) is 18.3 Å². The number of nitrogens with zero attached hydrogens (tertiary/aromatic N) is 3. The Morgan fingerprint density at radius 2 is 1.77 bits per heavy atom. The zero-order chi connectivity index (χ0) is 18.7. The van der Waals surface area contributed by atoms with Crippen LogP contribution in [0.15, 0.2) is 48.7 Å². The standard InChI is InChI=1S/C18H14F4N4/c1-11-2-7-15(19)8-13(11)9-23-17-25-16(10-24-26-17)12-3-5-14(6-4-12)18(20,21)22/h2-8,10H,9H2,1H3,(H,23,25,26). The molecule has 2 aromatic carbocycles. The van der Waals surface area contributed by atoms with Crippen molar-refractivity contribution >= 4 is 5.95 Å². The summed E-state index contributed by atoms with van der Waals surface area (Å²) in [6.07, 6.45) is -3.03. The second-order valence-electron chi connectivity index (χ2n) is 5.66. The topological polar surface area (TPSA) is 50.7 Å². The third-order valence-corrected chi connectivity index (χ3v) is 3.81. The maximum absolute atomic E-state index is 13.3. The van der Waals surface area contributed by atoms with Gasteiger partial charge in [0.1, 0.15) is 5.82 Å². The van der Waals surface area contributed by atoms with Gasteiger partial charge in [0.15, 0.2) is 0 Å². The second kappa shape index (κ2) is 7.07. The Kier molecular flexibility index (Phi) is 4.83. The van der Waals surface area contributed by atoms with Crippen molar-refractivity contribution in [1.82, 2.24) is 15.2 Å². The Bertz CT molecular complexity index is 908. The number of nitrogens with one attached hydrogen (secondary N) is 1. The molecule has 134 valence electrons. The summed E-state index contributed by atoms with van der Waals surface area (Å²) >= 11 is 0. The molecular formula is C18H14F4N4. The SMILES string of the molecule is Cc1ccc(F)cc1CNc1nncc(-c2ccc(C(F)(F)F)cc2)n1. The number of halogens is 4. The predicted octanol–water partition coefficient (Wildman–Crippen LogP) is 4.62. The van der Waals surface area contributed by atoms with Gasteiger partial charge < -0.3 is 5.32 Å². The fraction of sp³-hybridized carbons (Fsp3) is 0.167. The van der Waals surface area contributed by atoms with E-state index in [1.54, 1.807) is 6.07 Å². The summed E-state index contributed by atoms with van der Waals surface area (Å²) in [5.74, 6) is -0.143. The van der Waals surface area contributed by atoms with Crippen LogP contribution >= 0.6 is 0 Å². The van der Waals surface area contributed by atoms with Gasteiger partial charge in [-0.25, -0.2) is 9.37 Å². The molecule has 0 fully saturated rings. The Morgan fingerprint density at radius 3 is 2.46 bits per heavy atom. The molecule has 3 aromatic rings. The fourth-order valence-corrected chi connectivity index (χ4v) is 2.35. The number of alkyl halides is 3. The van der Waals surface area contributed by atoms with E-state index in [-0.39, 0.29) is 11.8 Å². The first-order valence-corrected chi connectivity index (χ1v) is 7.69. The number of benzene rings is 2. The zero-order valence-corrected chi connectivity index (χ0v) is 13.7. The van der Waals surface area contributed by atoms with E-state index < -0.39 is 11.7 Å². The third kappa shape index (κ3) is 4.14. The molecule has 0 bridgehead atoms. The van der Waals surface area contributed by atoms with Crippen LogP contribution in [0.25, 0.3) is 11.3 Å². The number of hydrogen-bond donors (Lipinski definition) is 1. The number of aromatic nitrogens is 3. The highest BCUT2D eigenvalue weighted by Crippen LogP contribution is 2.30. The molecule has 0 saturated heterocycles. The molecule has 0 aliphatic carbocycles. The van der Waals surface area contributed by atoms with Crippen molar-refractivity contribution in [2.24, 2.45) is 0 Å². The molecule has 0 saturated carbocycles. The highest BCUT2D eigenvalue weighted by Gasteiger charge is 2.30.